The molecular weight excluding hydrogens is 1520 g/mol. The Hall–Kier alpha value is -9.85. The van der Waals surface area contributed by atoms with Gasteiger partial charge in [0.1, 0.15) is 37.3 Å². The van der Waals surface area contributed by atoms with Crippen LogP contribution in [0.2, 0.25) is 0 Å². The fourth-order valence-corrected chi connectivity index (χ4v) is 13.4. The molecule has 0 radical (unpaired) electrons. The molecule has 8 amide bonds. The van der Waals surface area contributed by atoms with Crippen LogP contribution in [0.1, 0.15) is 115 Å². The third-order valence-corrected chi connectivity index (χ3v) is 20.0. The first kappa shape index (κ1) is 89.1. The second-order valence-electron chi connectivity index (χ2n) is 27.8. The smallest absolute Gasteiger partial charge is 0.343 e. The molecule has 1 fully saturated rings. The number of methoxy groups -OCH3 is 1. The van der Waals surface area contributed by atoms with Gasteiger partial charge in [-0.2, -0.15) is 0 Å². The number of benzene rings is 2. The van der Waals surface area contributed by atoms with Gasteiger partial charge in [0.05, 0.1) is 159 Å². The van der Waals surface area contributed by atoms with Crippen molar-refractivity contribution in [1.29, 1.82) is 0 Å². The lowest BCUT2D eigenvalue weighted by Crippen LogP contribution is -2.52. The number of hydrogen-bond donors (Lipinski definition) is 9. The summed E-state index contributed by atoms with van der Waals surface area (Å²) < 4.78 is 95.0. The SMILES string of the molecule is COCCOCCOCCOCCOCCOCCOCCOCCNC(=O)[C@H](CCC(=O)NCC(=O)NCC(=O)N[C@@H](Cc1ccccc1)C(=O)NCC(=O)NCO[C@H](C)C(=O)N[C@H]1CCc2c(C)c(F)cc3nc4c(c1c23)Cn1c-4cc2c(c1=O)COC(=O)[C@]2(O)CC1CC1)NC(=O)CCCC#Cc1cnc(S(C)(=O)=O)nc1. The Morgan fingerprint density at radius 3 is 1.92 bits per heavy atom. The molecule has 5 aromatic rings. The quantitative estimate of drug-likeness (QED) is 0.00806. The van der Waals surface area contributed by atoms with E-state index in [4.69, 9.17) is 52.4 Å². The molecule has 0 unspecified atom stereocenters. The molecule has 2 aromatic carbocycles. The van der Waals surface area contributed by atoms with Crippen LogP contribution in [0.5, 0.6) is 0 Å². The summed E-state index contributed by atoms with van der Waals surface area (Å²) in [5.41, 5.74) is 2.15. The van der Waals surface area contributed by atoms with Gasteiger partial charge >= 0.3 is 5.97 Å². The van der Waals surface area contributed by atoms with E-state index < -0.39 is 131 Å². The van der Waals surface area contributed by atoms with Gasteiger partial charge in [0, 0.05) is 80.6 Å². The molecule has 2 aliphatic heterocycles. The normalized spacial score (nSPS) is 15.9. The van der Waals surface area contributed by atoms with Crippen LogP contribution in [0.4, 0.5) is 4.39 Å². The Kier molecular flexibility index (Phi) is 34.8. The van der Waals surface area contributed by atoms with Gasteiger partial charge in [-0.25, -0.2) is 32.6 Å². The number of aryl methyl sites for hydroxylation is 1. The van der Waals surface area contributed by atoms with E-state index in [0.29, 0.717) is 148 Å². The zero-order valence-corrected chi connectivity index (χ0v) is 65.7. The minimum absolute atomic E-state index is 0.0308. The predicted octanol–water partition coefficient (Wildman–Crippen LogP) is 0.135. The number of pyridine rings is 2. The number of aliphatic hydroxyl groups is 1. The van der Waals surface area contributed by atoms with Crippen molar-refractivity contribution >= 4 is 74.0 Å². The summed E-state index contributed by atoms with van der Waals surface area (Å²) in [5.74, 6) is -1.02. The van der Waals surface area contributed by atoms with E-state index in [1.807, 2.05) is 0 Å². The van der Waals surface area contributed by atoms with E-state index in [2.05, 4.69) is 64.3 Å². The fourth-order valence-electron chi connectivity index (χ4n) is 12.9. The average molecular weight is 1630 g/mol. The third kappa shape index (κ3) is 27.1. The lowest BCUT2D eigenvalue weighted by molar-refractivity contribution is -0.173. The molecule has 2 aliphatic carbocycles. The van der Waals surface area contributed by atoms with E-state index >= 15 is 4.39 Å². The molecule has 9 rings (SSSR count). The standard InChI is InChI=1S/C78H101FN12O23S/c1-49-54-17-18-59(70-55-46-91-63(71(55)89-61(69(54)70)39-58(49)79)38-57-56(75(91)100)47-113-76(101)78(57,102)40-52-15-16-52)90-72(97)50(2)114-48-86-67(95)44-83-74(99)62(37-51-11-7-5-8-12-51)88-68(96)45-82-66(94)43-81-64(92)20-19-60(87-65(93)14-10-6-9-13-53-41-84-77(85-42-53)115(4,103)104)73(98)80-21-22-106-25-26-108-29-30-110-33-34-112-36-35-111-32-31-109-28-27-107-24-23-105-3/h5,7-8,11-12,38-39,41-42,50,52,59-60,62,102H,6,10,14-37,40,43-48H2,1-4H3,(H,80,98)(H,81,92)(H,82,94)(H,83,99)(H,86,95)(H,87,93)(H,88,96)(H,90,97)/t50-,59+,60+,62+,78+/m1/s1. The molecule has 5 atom stereocenters. The van der Waals surface area contributed by atoms with E-state index in [0.717, 1.165) is 19.1 Å². The molecule has 0 spiro atoms. The molecule has 35 nitrogen and oxygen atoms in total. The molecule has 1 saturated carbocycles. The Labute approximate surface area is 664 Å². The minimum Gasteiger partial charge on any atom is -0.458 e. The van der Waals surface area contributed by atoms with Crippen molar-refractivity contribution in [2.24, 2.45) is 5.92 Å². The highest BCUT2D eigenvalue weighted by molar-refractivity contribution is 7.90. The van der Waals surface area contributed by atoms with Crippen LogP contribution in [0.3, 0.4) is 0 Å². The molecule has 5 heterocycles. The number of fused-ring (bicyclic) bond motifs is 5. The molecule has 115 heavy (non-hydrogen) atoms. The number of nitrogens with zero attached hydrogens (tertiary/aromatic N) is 4. The summed E-state index contributed by atoms with van der Waals surface area (Å²) >= 11 is 0. The van der Waals surface area contributed by atoms with E-state index in [-0.39, 0.29) is 107 Å². The van der Waals surface area contributed by atoms with E-state index in [9.17, 15) is 61.5 Å². The summed E-state index contributed by atoms with van der Waals surface area (Å²) in [7, 11) is -2.00. The van der Waals surface area contributed by atoms with Crippen LogP contribution in [-0.4, -0.2) is 250 Å². The second-order valence-corrected chi connectivity index (χ2v) is 29.7. The summed E-state index contributed by atoms with van der Waals surface area (Å²) in [4.78, 5) is 147. The van der Waals surface area contributed by atoms with Crippen molar-refractivity contribution in [3.05, 3.63) is 116 Å². The monoisotopic (exact) mass is 1620 g/mol. The van der Waals surface area contributed by atoms with Crippen molar-refractivity contribution in [2.75, 3.05) is 145 Å². The lowest BCUT2D eigenvalue weighted by Gasteiger charge is -2.32. The largest absolute Gasteiger partial charge is 0.458 e. The van der Waals surface area contributed by atoms with Crippen LogP contribution in [0.25, 0.3) is 22.3 Å². The summed E-state index contributed by atoms with van der Waals surface area (Å²) in [6.45, 7) is 6.23. The maximum atomic E-state index is 15.6. The van der Waals surface area contributed by atoms with Crippen molar-refractivity contribution in [1.82, 2.24) is 62.1 Å². The number of sulfone groups is 1. The number of amides is 8. The van der Waals surface area contributed by atoms with Crippen molar-refractivity contribution < 1.29 is 108 Å². The predicted molar refractivity (Wildman–Crippen MR) is 408 cm³/mol. The second kappa shape index (κ2) is 44.9. The van der Waals surface area contributed by atoms with Gasteiger partial charge < -0.3 is 99.6 Å². The number of halogens is 1. The van der Waals surface area contributed by atoms with Crippen LogP contribution in [0, 0.1) is 30.5 Å². The Balaban J connectivity index is 0.683. The molecule has 624 valence electrons. The van der Waals surface area contributed by atoms with Crippen LogP contribution in [0.15, 0.2) is 64.8 Å². The van der Waals surface area contributed by atoms with Crippen LogP contribution < -0.4 is 48.1 Å². The molecule has 0 bridgehead atoms. The van der Waals surface area contributed by atoms with E-state index in [1.165, 1.54) is 30.0 Å². The van der Waals surface area contributed by atoms with Gasteiger partial charge in [-0.1, -0.05) is 55.0 Å². The average Bonchev–Trinajstić information content (AvgIpc) is 1.56. The molecule has 0 saturated heterocycles. The van der Waals surface area contributed by atoms with Crippen molar-refractivity contribution in [3.8, 4) is 23.2 Å². The molecule has 37 heteroatoms. The zero-order valence-electron chi connectivity index (χ0n) is 64.9. The number of nitrogens with one attached hydrogen (secondary N) is 8. The summed E-state index contributed by atoms with van der Waals surface area (Å²) in [6.07, 6.45) is 4.69. The first-order chi connectivity index (χ1) is 55.4. The maximum absolute atomic E-state index is 15.6. The van der Waals surface area contributed by atoms with Gasteiger partial charge in [0.2, 0.25) is 62.3 Å². The molecule has 3 aromatic heterocycles. The minimum atomic E-state index is -3.61. The van der Waals surface area contributed by atoms with Gasteiger partial charge in [-0.3, -0.25) is 43.2 Å². The number of ether oxygens (including phenoxy) is 10. The van der Waals surface area contributed by atoms with Crippen molar-refractivity contribution in [3.63, 3.8) is 0 Å². The Bertz CT molecular complexity index is 4470. The third-order valence-electron chi connectivity index (χ3n) is 19.1. The van der Waals surface area contributed by atoms with Gasteiger partial charge in [0.25, 0.3) is 5.56 Å². The van der Waals surface area contributed by atoms with Gasteiger partial charge in [-0.15, -0.1) is 0 Å². The Morgan fingerprint density at radius 1 is 0.696 bits per heavy atom. The molecular formula is C78H101FN12O23S. The number of carbonyl (C=O) groups excluding carboxylic acids is 9. The number of rotatable bonds is 50. The maximum Gasteiger partial charge on any atom is 0.343 e. The number of cyclic esters (lactones) is 1. The number of aromatic nitrogens is 4. The lowest BCUT2D eigenvalue weighted by atomic mass is 9.81. The Morgan fingerprint density at radius 2 is 1.29 bits per heavy atom. The van der Waals surface area contributed by atoms with E-state index in [1.54, 1.807) is 50.4 Å². The van der Waals surface area contributed by atoms with Gasteiger partial charge in [0.15, 0.2) is 5.60 Å². The summed E-state index contributed by atoms with van der Waals surface area (Å²) in [5, 5.41) is 32.9. The zero-order chi connectivity index (χ0) is 82.3. The fraction of sp³-hybridized carbons (Fsp3) is 0.551. The number of unbranched alkanes of at least 4 members (excludes halogenated alkanes) is 1. The highest BCUT2D eigenvalue weighted by Crippen LogP contribution is 2.48. The molecule has 4 aliphatic rings. The number of carbonyl (C=O) groups is 9. The van der Waals surface area contributed by atoms with Crippen LogP contribution in [-0.2, 0) is 132 Å². The molecule has 9 N–H and O–H groups in total. The van der Waals surface area contributed by atoms with Crippen LogP contribution >= 0.6 is 0 Å². The first-order valence-corrected chi connectivity index (χ1v) is 40.1. The highest BCUT2D eigenvalue weighted by atomic mass is 32.2. The van der Waals surface area contributed by atoms with Crippen molar-refractivity contribution in [2.45, 2.75) is 133 Å². The summed E-state index contributed by atoms with van der Waals surface area (Å²) in [6, 6.07) is 8.42. The highest BCUT2D eigenvalue weighted by Gasteiger charge is 2.50. The number of hydrogen-bond acceptors (Lipinski definition) is 26. The van der Waals surface area contributed by atoms with Gasteiger partial charge in [-0.05, 0) is 80.2 Å². The first-order valence-electron chi connectivity index (χ1n) is 38.2. The number of esters is 1. The topological polar surface area (TPSA) is 457 Å².